The molecule has 2 aliphatic rings. The molecule has 1 atom stereocenters. The van der Waals surface area contributed by atoms with Gasteiger partial charge in [0.15, 0.2) is 0 Å². The molecule has 1 aromatic heterocycles. The lowest BCUT2D eigenvalue weighted by molar-refractivity contribution is -0.131. The number of nitrogens with zero attached hydrogens (tertiary/aromatic N) is 5. The van der Waals surface area contributed by atoms with Crippen molar-refractivity contribution in [1.29, 1.82) is 0 Å². The third-order valence-electron chi connectivity index (χ3n) is 5.16. The number of likely N-dealkylation sites (N-methyl/N-ethyl adjacent to an activating group) is 1. The first-order valence-electron chi connectivity index (χ1n) is 8.19. The topological polar surface area (TPSA) is 72.8 Å². The summed E-state index contributed by atoms with van der Waals surface area (Å²) in [5.41, 5.74) is -0.00229. The highest BCUT2D eigenvalue weighted by atomic mass is 32.1. The number of β-amino-alcohol motifs (C(OH)–C–C–N with tert-alkyl or cyclic N) is 1. The number of aliphatic hydroxyl groups is 1. The lowest BCUT2D eigenvalue weighted by Gasteiger charge is -2.49. The molecule has 0 unspecified atom stereocenters. The molecule has 8 heteroatoms. The summed E-state index contributed by atoms with van der Waals surface area (Å²) >= 11 is 1.63. The number of aryl methyl sites for hydroxylation is 1. The van der Waals surface area contributed by atoms with Crippen LogP contribution in [0.2, 0.25) is 0 Å². The van der Waals surface area contributed by atoms with Gasteiger partial charge in [-0.3, -0.25) is 9.69 Å². The Labute approximate surface area is 140 Å². The van der Waals surface area contributed by atoms with E-state index in [-0.39, 0.29) is 18.1 Å². The molecule has 128 valence electrons. The number of amides is 1. The van der Waals surface area contributed by atoms with Crippen molar-refractivity contribution in [3.63, 3.8) is 0 Å². The number of carbonyl (C=O) groups is 1. The van der Waals surface area contributed by atoms with Crippen molar-refractivity contribution in [1.82, 2.24) is 20.0 Å². The molecule has 2 aliphatic heterocycles. The number of aromatic nitrogens is 2. The highest BCUT2D eigenvalue weighted by Gasteiger charge is 2.42. The Morgan fingerprint density at radius 1 is 1.26 bits per heavy atom. The number of hydrogen-bond donors (Lipinski definition) is 1. The van der Waals surface area contributed by atoms with Crippen LogP contribution in [0, 0.1) is 6.92 Å². The zero-order chi connectivity index (χ0) is 16.4. The average Bonchev–Trinajstić information content (AvgIpc) is 2.91. The maximum Gasteiger partial charge on any atom is 0.222 e. The van der Waals surface area contributed by atoms with Crippen LogP contribution in [0.5, 0.6) is 0 Å². The predicted molar refractivity (Wildman–Crippen MR) is 89.7 cm³/mol. The SMILES string of the molecule is Cc1nnc(N2CCN(C)[C@@]3(CCC(=O)N(CCO)CC3)C2)s1. The molecular weight excluding hydrogens is 314 g/mol. The molecule has 0 saturated carbocycles. The molecule has 23 heavy (non-hydrogen) atoms. The van der Waals surface area contributed by atoms with Crippen LogP contribution in [0.15, 0.2) is 0 Å². The molecule has 0 bridgehead atoms. The van der Waals surface area contributed by atoms with Gasteiger partial charge in [0.25, 0.3) is 0 Å². The Hall–Kier alpha value is -1.25. The van der Waals surface area contributed by atoms with E-state index in [1.807, 2.05) is 6.92 Å². The molecule has 2 saturated heterocycles. The number of hydrogen-bond acceptors (Lipinski definition) is 7. The van der Waals surface area contributed by atoms with E-state index in [2.05, 4.69) is 27.0 Å². The van der Waals surface area contributed by atoms with Crippen molar-refractivity contribution < 1.29 is 9.90 Å². The van der Waals surface area contributed by atoms with Crippen molar-refractivity contribution in [2.45, 2.75) is 31.7 Å². The second-order valence-corrected chi connectivity index (χ2v) is 7.69. The Balaban J connectivity index is 1.77. The first-order valence-corrected chi connectivity index (χ1v) is 9.01. The van der Waals surface area contributed by atoms with E-state index in [1.54, 1.807) is 16.2 Å². The maximum atomic E-state index is 12.3. The van der Waals surface area contributed by atoms with Gasteiger partial charge in [-0.05, 0) is 26.8 Å². The van der Waals surface area contributed by atoms with Crippen molar-refractivity contribution >= 4 is 22.4 Å². The summed E-state index contributed by atoms with van der Waals surface area (Å²) in [6.45, 7) is 5.96. The largest absolute Gasteiger partial charge is 0.395 e. The van der Waals surface area contributed by atoms with Crippen molar-refractivity contribution in [2.75, 3.05) is 51.3 Å². The number of rotatable bonds is 3. The molecular formula is C15H25N5O2S. The quantitative estimate of drug-likeness (QED) is 0.856. The van der Waals surface area contributed by atoms with Gasteiger partial charge in [0, 0.05) is 44.7 Å². The predicted octanol–water partition coefficient (Wildman–Crippen LogP) is 0.342. The first kappa shape index (κ1) is 16.6. The van der Waals surface area contributed by atoms with Crippen LogP contribution >= 0.6 is 11.3 Å². The number of carbonyl (C=O) groups excluding carboxylic acids is 1. The van der Waals surface area contributed by atoms with Crippen molar-refractivity contribution in [2.24, 2.45) is 0 Å². The second-order valence-electron chi connectivity index (χ2n) is 6.53. The third kappa shape index (κ3) is 3.34. The van der Waals surface area contributed by atoms with Gasteiger partial charge in [-0.25, -0.2) is 0 Å². The zero-order valence-corrected chi connectivity index (χ0v) is 14.7. The van der Waals surface area contributed by atoms with Crippen LogP contribution < -0.4 is 4.90 Å². The van der Waals surface area contributed by atoms with Crippen LogP contribution in [0.3, 0.4) is 0 Å². The highest BCUT2D eigenvalue weighted by molar-refractivity contribution is 7.15. The summed E-state index contributed by atoms with van der Waals surface area (Å²) in [5.74, 6) is 0.160. The Bertz CT molecular complexity index is 566. The van der Waals surface area contributed by atoms with Gasteiger partial charge in [-0.2, -0.15) is 0 Å². The van der Waals surface area contributed by atoms with E-state index in [9.17, 15) is 4.79 Å². The van der Waals surface area contributed by atoms with Gasteiger partial charge in [-0.15, -0.1) is 10.2 Å². The molecule has 7 nitrogen and oxygen atoms in total. The fourth-order valence-corrected chi connectivity index (χ4v) is 4.34. The minimum Gasteiger partial charge on any atom is -0.395 e. The first-order chi connectivity index (χ1) is 11.0. The van der Waals surface area contributed by atoms with Gasteiger partial charge in [0.1, 0.15) is 5.01 Å². The fraction of sp³-hybridized carbons (Fsp3) is 0.800. The standard InChI is InChI=1S/C15H25N5O2S/c1-12-16-17-14(23-12)20-8-7-18(2)15(11-20)4-3-13(22)19(6-5-15)9-10-21/h21H,3-11H2,1-2H3/t15-/m1/s1. The zero-order valence-electron chi connectivity index (χ0n) is 13.9. The molecule has 1 aromatic rings. The summed E-state index contributed by atoms with van der Waals surface area (Å²) in [6, 6.07) is 0. The summed E-state index contributed by atoms with van der Waals surface area (Å²) in [7, 11) is 2.16. The maximum absolute atomic E-state index is 12.3. The van der Waals surface area contributed by atoms with Gasteiger partial charge in [-0.1, -0.05) is 11.3 Å². The molecule has 3 rings (SSSR count). The van der Waals surface area contributed by atoms with E-state index in [1.165, 1.54) is 0 Å². The average molecular weight is 339 g/mol. The van der Waals surface area contributed by atoms with Crippen molar-refractivity contribution in [3.05, 3.63) is 5.01 Å². The molecule has 0 radical (unpaired) electrons. The number of piperazine rings is 1. The fourth-order valence-electron chi connectivity index (χ4n) is 3.63. The lowest BCUT2D eigenvalue weighted by atomic mass is 9.86. The van der Waals surface area contributed by atoms with Crippen LogP contribution in [0.25, 0.3) is 0 Å². The molecule has 0 aromatic carbocycles. The third-order valence-corrected chi connectivity index (χ3v) is 6.06. The van der Waals surface area contributed by atoms with Crippen LogP contribution in [-0.4, -0.2) is 82.9 Å². The lowest BCUT2D eigenvalue weighted by Crippen LogP contribution is -2.61. The van der Waals surface area contributed by atoms with Gasteiger partial charge in [0.2, 0.25) is 11.0 Å². The van der Waals surface area contributed by atoms with E-state index < -0.39 is 0 Å². The minimum absolute atomic E-state index is 0.00229. The van der Waals surface area contributed by atoms with E-state index >= 15 is 0 Å². The monoisotopic (exact) mass is 339 g/mol. The van der Waals surface area contributed by atoms with Crippen LogP contribution in [0.1, 0.15) is 24.3 Å². The van der Waals surface area contributed by atoms with Gasteiger partial charge < -0.3 is 14.9 Å². The van der Waals surface area contributed by atoms with E-state index in [0.29, 0.717) is 19.5 Å². The summed E-state index contributed by atoms with van der Waals surface area (Å²) < 4.78 is 0. The summed E-state index contributed by atoms with van der Waals surface area (Å²) in [4.78, 5) is 18.8. The van der Waals surface area contributed by atoms with Gasteiger partial charge >= 0.3 is 0 Å². The number of anilines is 1. The Morgan fingerprint density at radius 2 is 2.09 bits per heavy atom. The van der Waals surface area contributed by atoms with E-state index in [4.69, 9.17) is 5.11 Å². The second kappa shape index (κ2) is 6.70. The van der Waals surface area contributed by atoms with Crippen LogP contribution in [0.4, 0.5) is 5.13 Å². The molecule has 1 spiro atoms. The summed E-state index contributed by atoms with van der Waals surface area (Å²) in [6.07, 6.45) is 2.34. The van der Waals surface area contributed by atoms with Crippen LogP contribution in [-0.2, 0) is 4.79 Å². The molecule has 2 fully saturated rings. The Kier molecular flexibility index (Phi) is 4.84. The minimum atomic E-state index is -0.00229. The number of likely N-dealkylation sites (tertiary alicyclic amines) is 1. The van der Waals surface area contributed by atoms with E-state index in [0.717, 1.165) is 42.6 Å². The number of aliphatic hydroxyl groups excluding tert-OH is 1. The molecule has 1 N–H and O–H groups in total. The Morgan fingerprint density at radius 3 is 2.78 bits per heavy atom. The highest BCUT2D eigenvalue weighted by Crippen LogP contribution is 2.34. The molecule has 1 amide bonds. The van der Waals surface area contributed by atoms with Gasteiger partial charge in [0.05, 0.1) is 6.61 Å². The molecule has 3 heterocycles. The molecule has 0 aliphatic carbocycles. The summed E-state index contributed by atoms with van der Waals surface area (Å²) in [5, 5.41) is 19.5. The van der Waals surface area contributed by atoms with Crippen molar-refractivity contribution in [3.8, 4) is 0 Å². The smallest absolute Gasteiger partial charge is 0.222 e. The normalized spacial score (nSPS) is 26.8.